The first-order valence-electron chi connectivity index (χ1n) is 7.10. The van der Waals surface area contributed by atoms with Crippen molar-refractivity contribution in [3.63, 3.8) is 0 Å². The van der Waals surface area contributed by atoms with Gasteiger partial charge in [-0.15, -0.1) is 0 Å². The third-order valence-electron chi connectivity index (χ3n) is 3.31. The highest BCUT2D eigenvalue weighted by molar-refractivity contribution is 7.92. The molecule has 22 heavy (non-hydrogen) atoms. The van der Waals surface area contributed by atoms with Crippen LogP contribution in [0.4, 0.5) is 5.69 Å². The van der Waals surface area contributed by atoms with Crippen molar-refractivity contribution >= 4 is 21.6 Å². The van der Waals surface area contributed by atoms with Crippen molar-refractivity contribution in [2.24, 2.45) is 0 Å². The smallest absolute Gasteiger partial charge is 0.240 e. The van der Waals surface area contributed by atoms with Gasteiger partial charge in [0, 0.05) is 6.04 Å². The van der Waals surface area contributed by atoms with Gasteiger partial charge >= 0.3 is 0 Å². The largest absolute Gasteiger partial charge is 0.495 e. The number of carbonyl (C=O) groups excluding carboxylic acids is 1. The summed E-state index contributed by atoms with van der Waals surface area (Å²) in [6.45, 7) is 5.39. The van der Waals surface area contributed by atoms with Crippen molar-refractivity contribution in [1.82, 2.24) is 5.32 Å². The van der Waals surface area contributed by atoms with Gasteiger partial charge in [-0.25, -0.2) is 8.42 Å². The molecular weight excluding hydrogens is 304 g/mol. The first kappa shape index (κ1) is 18.3. The van der Waals surface area contributed by atoms with E-state index in [1.165, 1.54) is 7.11 Å². The Balaban J connectivity index is 3.15. The molecule has 6 nitrogen and oxygen atoms in total. The van der Waals surface area contributed by atoms with E-state index in [9.17, 15) is 13.2 Å². The number of nitrogens with one attached hydrogen (secondary N) is 1. The van der Waals surface area contributed by atoms with Crippen LogP contribution in [0.5, 0.6) is 5.75 Å². The molecule has 7 heteroatoms. The van der Waals surface area contributed by atoms with E-state index in [0.29, 0.717) is 11.4 Å². The van der Waals surface area contributed by atoms with Crippen molar-refractivity contribution in [1.29, 1.82) is 0 Å². The molecule has 0 aliphatic heterocycles. The topological polar surface area (TPSA) is 75.7 Å². The lowest BCUT2D eigenvalue weighted by atomic mass is 10.2. The predicted octanol–water partition coefficient (Wildman–Crippen LogP) is 1.68. The van der Waals surface area contributed by atoms with Gasteiger partial charge in [-0.1, -0.05) is 13.0 Å². The van der Waals surface area contributed by atoms with Gasteiger partial charge < -0.3 is 10.1 Å². The standard InChI is InChI=1S/C15H24N2O4S/c1-6-12(3)16-15(18)10-17(22(5,19)20)13-9-11(2)7-8-14(13)21-4/h7-9,12H,6,10H2,1-5H3,(H,16,18)/t12-/m0/s1. The van der Waals surface area contributed by atoms with Gasteiger partial charge in [-0.05, 0) is 38.0 Å². The van der Waals surface area contributed by atoms with Crippen LogP contribution in [0.2, 0.25) is 0 Å². The number of ether oxygens (including phenoxy) is 1. The second-order valence-electron chi connectivity index (χ2n) is 5.32. The average Bonchev–Trinajstić information content (AvgIpc) is 2.43. The number of hydrogen-bond acceptors (Lipinski definition) is 4. The number of aryl methyl sites for hydroxylation is 1. The molecule has 0 bridgehead atoms. The van der Waals surface area contributed by atoms with Crippen LogP contribution in [0.15, 0.2) is 18.2 Å². The van der Waals surface area contributed by atoms with Crippen LogP contribution in [0, 0.1) is 6.92 Å². The molecule has 1 amide bonds. The van der Waals surface area contributed by atoms with Gasteiger partial charge in [0.25, 0.3) is 0 Å². The zero-order chi connectivity index (χ0) is 16.9. The van der Waals surface area contributed by atoms with Crippen LogP contribution < -0.4 is 14.4 Å². The molecule has 0 fully saturated rings. The number of nitrogens with zero attached hydrogens (tertiary/aromatic N) is 1. The zero-order valence-corrected chi connectivity index (χ0v) is 14.5. The molecule has 1 atom stereocenters. The molecule has 0 aliphatic rings. The van der Waals surface area contributed by atoms with Crippen molar-refractivity contribution < 1.29 is 17.9 Å². The van der Waals surface area contributed by atoms with Gasteiger partial charge in [-0.2, -0.15) is 0 Å². The molecule has 1 rings (SSSR count). The van der Waals surface area contributed by atoms with E-state index in [4.69, 9.17) is 4.74 Å². The summed E-state index contributed by atoms with van der Waals surface area (Å²) in [5.74, 6) is 0.0655. The second-order valence-corrected chi connectivity index (χ2v) is 7.23. The van der Waals surface area contributed by atoms with Crippen molar-refractivity contribution in [3.8, 4) is 5.75 Å². The maximum absolute atomic E-state index is 12.1. The summed E-state index contributed by atoms with van der Waals surface area (Å²) >= 11 is 0. The first-order chi connectivity index (χ1) is 10.2. The summed E-state index contributed by atoms with van der Waals surface area (Å²) in [5, 5.41) is 2.77. The number of methoxy groups -OCH3 is 1. The van der Waals surface area contributed by atoms with E-state index in [1.54, 1.807) is 12.1 Å². The summed E-state index contributed by atoms with van der Waals surface area (Å²) in [7, 11) is -2.15. The molecule has 0 spiro atoms. The van der Waals surface area contributed by atoms with Crippen molar-refractivity contribution in [3.05, 3.63) is 23.8 Å². The highest BCUT2D eigenvalue weighted by Gasteiger charge is 2.24. The molecule has 124 valence electrons. The van der Waals surface area contributed by atoms with Crippen LogP contribution in [0.3, 0.4) is 0 Å². The Morgan fingerprint density at radius 1 is 1.41 bits per heavy atom. The molecule has 1 aromatic rings. The summed E-state index contributed by atoms with van der Waals surface area (Å²) < 4.78 is 30.5. The van der Waals surface area contributed by atoms with Gasteiger partial charge in [0.1, 0.15) is 12.3 Å². The Labute approximate surface area is 132 Å². The van der Waals surface area contributed by atoms with Crippen LogP contribution in [0.1, 0.15) is 25.8 Å². The van der Waals surface area contributed by atoms with E-state index in [0.717, 1.165) is 22.5 Å². The number of benzene rings is 1. The quantitative estimate of drug-likeness (QED) is 0.826. The summed E-state index contributed by atoms with van der Waals surface area (Å²) in [5.41, 5.74) is 1.25. The molecular formula is C15H24N2O4S. The maximum atomic E-state index is 12.1. The minimum Gasteiger partial charge on any atom is -0.495 e. The molecule has 0 aromatic heterocycles. The number of rotatable bonds is 7. The van der Waals surface area contributed by atoms with E-state index < -0.39 is 10.0 Å². The molecule has 0 saturated heterocycles. The average molecular weight is 328 g/mol. The first-order valence-corrected chi connectivity index (χ1v) is 8.95. The number of amides is 1. The number of carbonyl (C=O) groups is 1. The monoisotopic (exact) mass is 328 g/mol. The van der Waals surface area contributed by atoms with E-state index >= 15 is 0 Å². The molecule has 0 heterocycles. The van der Waals surface area contributed by atoms with Gasteiger partial charge in [0.15, 0.2) is 0 Å². The number of hydrogen-bond donors (Lipinski definition) is 1. The molecule has 1 N–H and O–H groups in total. The third kappa shape index (κ3) is 4.91. The minimum atomic E-state index is -3.61. The lowest BCUT2D eigenvalue weighted by Crippen LogP contribution is -2.43. The summed E-state index contributed by atoms with van der Waals surface area (Å²) in [6.07, 6.45) is 1.85. The SMILES string of the molecule is CC[C@H](C)NC(=O)CN(c1cc(C)ccc1OC)S(C)(=O)=O. The van der Waals surface area contributed by atoms with Gasteiger partial charge in [0.2, 0.25) is 15.9 Å². The Bertz CT molecular complexity index is 628. The fraction of sp³-hybridized carbons (Fsp3) is 0.533. The number of sulfonamides is 1. The third-order valence-corrected chi connectivity index (χ3v) is 4.44. The fourth-order valence-corrected chi connectivity index (χ4v) is 2.78. The lowest BCUT2D eigenvalue weighted by molar-refractivity contribution is -0.120. The Kier molecular flexibility index (Phi) is 6.22. The van der Waals surface area contributed by atoms with Crippen molar-refractivity contribution in [2.45, 2.75) is 33.2 Å². The van der Waals surface area contributed by atoms with Crippen LogP contribution in [-0.4, -0.2) is 40.3 Å². The molecule has 0 aliphatic carbocycles. The summed E-state index contributed by atoms with van der Waals surface area (Å²) in [4.78, 5) is 12.1. The highest BCUT2D eigenvalue weighted by atomic mass is 32.2. The highest BCUT2D eigenvalue weighted by Crippen LogP contribution is 2.30. The molecule has 0 saturated carbocycles. The fourth-order valence-electron chi connectivity index (χ4n) is 1.93. The number of anilines is 1. The van der Waals surface area contributed by atoms with E-state index in [2.05, 4.69) is 5.32 Å². The normalized spacial score (nSPS) is 12.6. The molecule has 0 radical (unpaired) electrons. The van der Waals surface area contributed by atoms with Gasteiger partial charge in [0.05, 0.1) is 19.1 Å². The molecule has 1 aromatic carbocycles. The minimum absolute atomic E-state index is 0.00619. The zero-order valence-electron chi connectivity index (χ0n) is 13.7. The second kappa shape index (κ2) is 7.49. The Hall–Kier alpha value is -1.76. The van der Waals surface area contributed by atoms with E-state index in [-0.39, 0.29) is 18.5 Å². The van der Waals surface area contributed by atoms with Gasteiger partial charge in [-0.3, -0.25) is 9.10 Å². The Morgan fingerprint density at radius 3 is 2.55 bits per heavy atom. The summed E-state index contributed by atoms with van der Waals surface area (Å²) in [6, 6.07) is 5.20. The predicted molar refractivity (Wildman–Crippen MR) is 87.8 cm³/mol. The molecule has 0 unspecified atom stereocenters. The van der Waals surface area contributed by atoms with E-state index in [1.807, 2.05) is 26.8 Å². The Morgan fingerprint density at radius 2 is 2.05 bits per heavy atom. The van der Waals surface area contributed by atoms with Crippen molar-refractivity contribution in [2.75, 3.05) is 24.2 Å². The van der Waals surface area contributed by atoms with Crippen LogP contribution in [-0.2, 0) is 14.8 Å². The maximum Gasteiger partial charge on any atom is 0.240 e. The lowest BCUT2D eigenvalue weighted by Gasteiger charge is -2.25. The van der Waals surface area contributed by atoms with Crippen LogP contribution in [0.25, 0.3) is 0 Å². The van der Waals surface area contributed by atoms with Crippen LogP contribution >= 0.6 is 0 Å².